The van der Waals surface area contributed by atoms with Crippen LogP contribution in [0.5, 0.6) is 0 Å². The number of hydrogen-bond acceptors (Lipinski definition) is 2. The predicted octanol–water partition coefficient (Wildman–Crippen LogP) is 5.09. The van der Waals surface area contributed by atoms with E-state index in [2.05, 4.69) is 0 Å². The van der Waals surface area contributed by atoms with Gasteiger partial charge in [-0.25, -0.2) is 4.79 Å². The summed E-state index contributed by atoms with van der Waals surface area (Å²) in [6.07, 6.45) is 5.79. The Bertz CT molecular complexity index is 1020. The van der Waals surface area contributed by atoms with Gasteiger partial charge in [0.1, 0.15) is 0 Å². The van der Waals surface area contributed by atoms with E-state index in [0.717, 1.165) is 5.56 Å². The molecular formula is C22H18ClNO3. The molecule has 0 saturated carbocycles. The highest BCUT2D eigenvalue weighted by molar-refractivity contribution is 6.31. The van der Waals surface area contributed by atoms with Gasteiger partial charge >= 0.3 is 5.97 Å². The van der Waals surface area contributed by atoms with Crippen LogP contribution in [-0.2, 0) is 6.42 Å². The maximum Gasteiger partial charge on any atom is 0.336 e. The largest absolute Gasteiger partial charge is 0.478 e. The van der Waals surface area contributed by atoms with Gasteiger partial charge in [-0.05, 0) is 43.2 Å². The molecule has 0 aliphatic carbocycles. The third kappa shape index (κ3) is 4.36. The van der Waals surface area contributed by atoms with Crippen LogP contribution in [0.15, 0.2) is 66.9 Å². The first kappa shape index (κ1) is 18.7. The summed E-state index contributed by atoms with van der Waals surface area (Å²) < 4.78 is 1.73. The van der Waals surface area contributed by atoms with Gasteiger partial charge < -0.3 is 9.67 Å². The zero-order valence-corrected chi connectivity index (χ0v) is 15.5. The standard InChI is InChI=1S/C22H18ClNO3/c1-15-6-8-17(9-7-15)21(25)20-5-3-13-24(20)12-2-4-16-10-11-18(23)14-19(16)22(26)27/h2-3,5-14H,4H2,1H3,(H,26,27). The van der Waals surface area contributed by atoms with Gasteiger partial charge in [0.15, 0.2) is 0 Å². The Morgan fingerprint density at radius 3 is 2.56 bits per heavy atom. The lowest BCUT2D eigenvalue weighted by molar-refractivity contribution is 0.0695. The first-order chi connectivity index (χ1) is 13.0. The van der Waals surface area contributed by atoms with Gasteiger partial charge in [0.2, 0.25) is 5.78 Å². The molecule has 27 heavy (non-hydrogen) atoms. The number of carbonyl (C=O) groups is 2. The Kier molecular flexibility index (Phi) is 5.57. The summed E-state index contributed by atoms with van der Waals surface area (Å²) in [5.74, 6) is -1.08. The van der Waals surface area contributed by atoms with Crippen molar-refractivity contribution in [3.8, 4) is 0 Å². The second kappa shape index (κ2) is 8.06. The van der Waals surface area contributed by atoms with Crippen LogP contribution >= 0.6 is 11.6 Å². The highest BCUT2D eigenvalue weighted by atomic mass is 35.5. The number of aromatic nitrogens is 1. The van der Waals surface area contributed by atoms with Gasteiger partial charge in [-0.15, -0.1) is 0 Å². The van der Waals surface area contributed by atoms with E-state index in [1.807, 2.05) is 37.3 Å². The molecule has 1 heterocycles. The molecule has 3 rings (SSSR count). The molecule has 0 spiro atoms. The summed E-state index contributed by atoms with van der Waals surface area (Å²) in [7, 11) is 0. The number of ketones is 1. The Hall–Kier alpha value is -3.11. The van der Waals surface area contributed by atoms with Crippen molar-refractivity contribution < 1.29 is 14.7 Å². The molecule has 0 fully saturated rings. The van der Waals surface area contributed by atoms with E-state index < -0.39 is 5.97 Å². The third-order valence-corrected chi connectivity index (χ3v) is 4.47. The number of allylic oxidation sites excluding steroid dienone is 1. The summed E-state index contributed by atoms with van der Waals surface area (Å²) >= 11 is 5.88. The molecule has 0 saturated heterocycles. The van der Waals surface area contributed by atoms with Crippen molar-refractivity contribution in [2.75, 3.05) is 0 Å². The van der Waals surface area contributed by atoms with Crippen molar-refractivity contribution in [2.45, 2.75) is 13.3 Å². The quantitative estimate of drug-likeness (QED) is 0.606. The summed E-state index contributed by atoms with van der Waals surface area (Å²) in [6.45, 7) is 1.97. The normalized spacial score (nSPS) is 11.0. The predicted molar refractivity (Wildman–Crippen MR) is 106 cm³/mol. The van der Waals surface area contributed by atoms with Crippen molar-refractivity contribution in [1.82, 2.24) is 4.57 Å². The Morgan fingerprint density at radius 2 is 1.85 bits per heavy atom. The lowest BCUT2D eigenvalue weighted by atomic mass is 10.0. The topological polar surface area (TPSA) is 59.3 Å². The number of halogens is 1. The fourth-order valence-electron chi connectivity index (χ4n) is 2.79. The first-order valence-corrected chi connectivity index (χ1v) is 8.80. The SMILES string of the molecule is Cc1ccc(C(=O)c2cccn2C=CCc2ccc(Cl)cc2C(=O)O)cc1. The van der Waals surface area contributed by atoms with Gasteiger partial charge in [-0.2, -0.15) is 0 Å². The zero-order valence-electron chi connectivity index (χ0n) is 14.7. The van der Waals surface area contributed by atoms with Crippen molar-refractivity contribution in [2.24, 2.45) is 0 Å². The number of nitrogens with zero attached hydrogens (tertiary/aromatic N) is 1. The van der Waals surface area contributed by atoms with Crippen molar-refractivity contribution in [3.05, 3.63) is 99.8 Å². The molecule has 1 N–H and O–H groups in total. The van der Waals surface area contributed by atoms with Crippen molar-refractivity contribution >= 4 is 29.6 Å². The maximum absolute atomic E-state index is 12.7. The van der Waals surface area contributed by atoms with Crippen LogP contribution in [0.2, 0.25) is 5.02 Å². The first-order valence-electron chi connectivity index (χ1n) is 8.42. The molecule has 136 valence electrons. The minimum absolute atomic E-state index is 0.0673. The summed E-state index contributed by atoms with van der Waals surface area (Å²) in [5, 5.41) is 9.69. The van der Waals surface area contributed by atoms with E-state index in [-0.39, 0.29) is 11.3 Å². The van der Waals surface area contributed by atoms with E-state index in [1.54, 1.807) is 41.2 Å². The fourth-order valence-corrected chi connectivity index (χ4v) is 2.96. The smallest absolute Gasteiger partial charge is 0.336 e. The average Bonchev–Trinajstić information content (AvgIpc) is 3.11. The molecule has 0 unspecified atom stereocenters. The minimum Gasteiger partial charge on any atom is -0.478 e. The lowest BCUT2D eigenvalue weighted by Crippen LogP contribution is -2.06. The third-order valence-electron chi connectivity index (χ3n) is 4.23. The van der Waals surface area contributed by atoms with Gasteiger partial charge in [0, 0.05) is 23.0 Å². The van der Waals surface area contributed by atoms with Crippen LogP contribution in [0.25, 0.3) is 6.20 Å². The number of aryl methyl sites for hydroxylation is 1. The molecule has 0 aliphatic rings. The van der Waals surface area contributed by atoms with E-state index >= 15 is 0 Å². The van der Waals surface area contributed by atoms with Crippen LogP contribution in [0.1, 0.15) is 37.5 Å². The van der Waals surface area contributed by atoms with Gasteiger partial charge in [-0.3, -0.25) is 4.79 Å². The van der Waals surface area contributed by atoms with Gasteiger partial charge in [-0.1, -0.05) is 53.6 Å². The molecule has 1 aromatic heterocycles. The van der Waals surface area contributed by atoms with E-state index in [0.29, 0.717) is 28.3 Å². The molecule has 2 aromatic carbocycles. The second-order valence-electron chi connectivity index (χ2n) is 6.19. The Morgan fingerprint density at radius 1 is 1.11 bits per heavy atom. The Balaban J connectivity index is 1.80. The van der Waals surface area contributed by atoms with E-state index in [9.17, 15) is 14.7 Å². The van der Waals surface area contributed by atoms with Crippen LogP contribution in [0.3, 0.4) is 0 Å². The van der Waals surface area contributed by atoms with Crippen LogP contribution in [-0.4, -0.2) is 21.4 Å². The summed E-state index contributed by atoms with van der Waals surface area (Å²) in [4.78, 5) is 24.1. The Labute approximate surface area is 162 Å². The maximum atomic E-state index is 12.7. The lowest BCUT2D eigenvalue weighted by Gasteiger charge is -2.06. The summed E-state index contributed by atoms with van der Waals surface area (Å²) in [6, 6.07) is 15.8. The highest BCUT2D eigenvalue weighted by Crippen LogP contribution is 2.18. The van der Waals surface area contributed by atoms with Gasteiger partial charge in [0.05, 0.1) is 11.3 Å². The number of carboxylic acid groups (broad SMARTS) is 1. The fraction of sp³-hybridized carbons (Fsp3) is 0.0909. The molecule has 4 nitrogen and oxygen atoms in total. The molecule has 0 radical (unpaired) electrons. The second-order valence-corrected chi connectivity index (χ2v) is 6.63. The zero-order chi connectivity index (χ0) is 19.4. The molecule has 3 aromatic rings. The number of rotatable bonds is 6. The number of benzene rings is 2. The van der Waals surface area contributed by atoms with Crippen LogP contribution < -0.4 is 0 Å². The van der Waals surface area contributed by atoms with Crippen molar-refractivity contribution in [3.63, 3.8) is 0 Å². The number of hydrogen-bond donors (Lipinski definition) is 1. The molecule has 0 aliphatic heterocycles. The molecule has 0 bridgehead atoms. The highest BCUT2D eigenvalue weighted by Gasteiger charge is 2.12. The molecular weight excluding hydrogens is 362 g/mol. The molecule has 0 atom stereocenters. The number of carboxylic acids is 1. The monoisotopic (exact) mass is 379 g/mol. The molecule has 0 amide bonds. The average molecular weight is 380 g/mol. The molecule has 5 heteroatoms. The van der Waals surface area contributed by atoms with Gasteiger partial charge in [0.25, 0.3) is 0 Å². The number of aromatic carboxylic acids is 1. The van der Waals surface area contributed by atoms with E-state index in [4.69, 9.17) is 11.6 Å². The minimum atomic E-state index is -1.02. The van der Waals surface area contributed by atoms with Crippen LogP contribution in [0.4, 0.5) is 0 Å². The number of carbonyl (C=O) groups excluding carboxylic acids is 1. The van der Waals surface area contributed by atoms with E-state index in [1.165, 1.54) is 6.07 Å². The van der Waals surface area contributed by atoms with Crippen molar-refractivity contribution in [1.29, 1.82) is 0 Å². The van der Waals surface area contributed by atoms with Crippen LogP contribution in [0, 0.1) is 6.92 Å². The summed E-state index contributed by atoms with van der Waals surface area (Å²) in [5.41, 5.74) is 3.10.